The highest BCUT2D eigenvalue weighted by atomic mass is 79.9. The molecule has 3 aromatic rings. The zero-order valence-corrected chi connectivity index (χ0v) is 12.6. The van der Waals surface area contributed by atoms with Crippen LogP contribution in [0.4, 0.5) is 5.69 Å². The Morgan fingerprint density at radius 2 is 2.10 bits per heavy atom. The molecule has 3 rings (SSSR count). The predicted molar refractivity (Wildman–Crippen MR) is 82.1 cm³/mol. The normalized spacial score (nSPS) is 10.5. The summed E-state index contributed by atoms with van der Waals surface area (Å²) >= 11 is 3.19. The predicted octanol–water partition coefficient (Wildman–Crippen LogP) is 3.54. The summed E-state index contributed by atoms with van der Waals surface area (Å²) in [6, 6.07) is 11.2. The standard InChI is InChI=1S/C15H12BrN3O2/c16-14-13(6-9-21-14)15(20)18-12-4-2-11(3-5-12)10-19-8-1-7-17-19/h1-9H,10H2,(H,18,20). The molecule has 2 aromatic heterocycles. The Bertz CT molecular complexity index is 733. The summed E-state index contributed by atoms with van der Waals surface area (Å²) in [5.41, 5.74) is 2.31. The number of anilines is 1. The largest absolute Gasteiger partial charge is 0.457 e. The first-order valence-electron chi connectivity index (χ1n) is 6.33. The molecule has 0 saturated carbocycles. The van der Waals surface area contributed by atoms with E-state index in [0.717, 1.165) is 11.3 Å². The van der Waals surface area contributed by atoms with Gasteiger partial charge in [-0.05, 0) is 45.8 Å². The molecule has 1 amide bonds. The van der Waals surface area contributed by atoms with Crippen LogP contribution in [0, 0.1) is 0 Å². The zero-order valence-electron chi connectivity index (χ0n) is 11.0. The number of carbonyl (C=O) groups is 1. The molecule has 0 spiro atoms. The van der Waals surface area contributed by atoms with Gasteiger partial charge in [-0.1, -0.05) is 12.1 Å². The van der Waals surface area contributed by atoms with Crippen LogP contribution in [-0.2, 0) is 6.54 Å². The van der Waals surface area contributed by atoms with Crippen molar-refractivity contribution in [3.05, 3.63) is 70.9 Å². The molecule has 1 N–H and O–H groups in total. The average Bonchev–Trinajstić information content (AvgIpc) is 3.12. The van der Waals surface area contributed by atoms with Crippen LogP contribution in [-0.4, -0.2) is 15.7 Å². The van der Waals surface area contributed by atoms with Crippen molar-refractivity contribution < 1.29 is 9.21 Å². The van der Waals surface area contributed by atoms with Crippen LogP contribution >= 0.6 is 15.9 Å². The monoisotopic (exact) mass is 345 g/mol. The van der Waals surface area contributed by atoms with Crippen molar-refractivity contribution >= 4 is 27.5 Å². The maximum absolute atomic E-state index is 12.0. The second kappa shape index (κ2) is 5.97. The lowest BCUT2D eigenvalue weighted by Gasteiger charge is -2.06. The summed E-state index contributed by atoms with van der Waals surface area (Å²) in [5.74, 6) is -0.213. The molecule has 0 atom stereocenters. The molecule has 0 unspecified atom stereocenters. The van der Waals surface area contributed by atoms with Crippen LogP contribution in [0.5, 0.6) is 0 Å². The number of furan rings is 1. The molecule has 6 heteroatoms. The second-order valence-corrected chi connectivity index (χ2v) is 5.18. The van der Waals surface area contributed by atoms with Crippen molar-refractivity contribution in [2.45, 2.75) is 6.54 Å². The fraction of sp³-hybridized carbons (Fsp3) is 0.0667. The molecule has 21 heavy (non-hydrogen) atoms. The molecule has 0 bridgehead atoms. The van der Waals surface area contributed by atoms with Gasteiger partial charge in [0.2, 0.25) is 0 Å². The minimum atomic E-state index is -0.213. The van der Waals surface area contributed by atoms with E-state index in [1.807, 2.05) is 41.2 Å². The summed E-state index contributed by atoms with van der Waals surface area (Å²) < 4.78 is 7.32. The van der Waals surface area contributed by atoms with E-state index in [4.69, 9.17) is 4.42 Å². The van der Waals surface area contributed by atoms with E-state index in [1.165, 1.54) is 6.26 Å². The van der Waals surface area contributed by atoms with Gasteiger partial charge in [0.05, 0.1) is 18.4 Å². The number of benzene rings is 1. The van der Waals surface area contributed by atoms with Gasteiger partial charge in [0.25, 0.3) is 5.91 Å². The number of rotatable bonds is 4. The molecule has 0 saturated heterocycles. The number of nitrogens with one attached hydrogen (secondary N) is 1. The third kappa shape index (κ3) is 3.22. The molecule has 0 aliphatic rings. The third-order valence-corrected chi connectivity index (χ3v) is 3.59. The topological polar surface area (TPSA) is 60.1 Å². The van der Waals surface area contributed by atoms with E-state index < -0.39 is 0 Å². The van der Waals surface area contributed by atoms with E-state index in [1.54, 1.807) is 12.3 Å². The zero-order chi connectivity index (χ0) is 14.7. The number of carbonyl (C=O) groups excluding carboxylic acids is 1. The Labute approximate surface area is 129 Å². The first kappa shape index (κ1) is 13.6. The highest BCUT2D eigenvalue weighted by molar-refractivity contribution is 9.10. The van der Waals surface area contributed by atoms with Gasteiger partial charge in [0, 0.05) is 18.1 Å². The molecule has 0 radical (unpaired) electrons. The molecule has 0 fully saturated rings. The van der Waals surface area contributed by atoms with Crippen molar-refractivity contribution in [2.75, 3.05) is 5.32 Å². The van der Waals surface area contributed by atoms with E-state index in [9.17, 15) is 4.79 Å². The molecule has 106 valence electrons. The maximum atomic E-state index is 12.0. The van der Waals surface area contributed by atoms with Crippen molar-refractivity contribution in [3.63, 3.8) is 0 Å². The number of amides is 1. The summed E-state index contributed by atoms with van der Waals surface area (Å²) in [6.07, 6.45) is 5.12. The van der Waals surface area contributed by atoms with Crippen LogP contribution in [0.2, 0.25) is 0 Å². The molecule has 5 nitrogen and oxygen atoms in total. The second-order valence-electron chi connectivity index (χ2n) is 4.46. The fourth-order valence-corrected chi connectivity index (χ4v) is 2.35. The van der Waals surface area contributed by atoms with Gasteiger partial charge >= 0.3 is 0 Å². The number of nitrogens with zero attached hydrogens (tertiary/aromatic N) is 2. The fourth-order valence-electron chi connectivity index (χ4n) is 1.93. The Morgan fingerprint density at radius 3 is 2.71 bits per heavy atom. The SMILES string of the molecule is O=C(Nc1ccc(Cn2cccn2)cc1)c1ccoc1Br. The van der Waals surface area contributed by atoms with Crippen LogP contribution < -0.4 is 5.32 Å². The van der Waals surface area contributed by atoms with E-state index in [2.05, 4.69) is 26.3 Å². The quantitative estimate of drug-likeness (QED) is 0.786. The van der Waals surface area contributed by atoms with Gasteiger partial charge in [0.1, 0.15) is 0 Å². The number of aromatic nitrogens is 2. The Balaban J connectivity index is 1.67. The number of halogens is 1. The molecule has 0 aliphatic heterocycles. The van der Waals surface area contributed by atoms with E-state index >= 15 is 0 Å². The molecule has 0 aliphatic carbocycles. The van der Waals surface area contributed by atoms with E-state index in [0.29, 0.717) is 16.8 Å². The first-order valence-corrected chi connectivity index (χ1v) is 7.12. The lowest BCUT2D eigenvalue weighted by Crippen LogP contribution is -2.11. The Kier molecular flexibility index (Phi) is 3.87. The smallest absolute Gasteiger partial charge is 0.260 e. The molecular weight excluding hydrogens is 334 g/mol. The van der Waals surface area contributed by atoms with Crippen LogP contribution in [0.25, 0.3) is 0 Å². The lowest BCUT2D eigenvalue weighted by molar-refractivity contribution is 0.102. The van der Waals surface area contributed by atoms with Crippen LogP contribution in [0.3, 0.4) is 0 Å². The van der Waals surface area contributed by atoms with Gasteiger partial charge in [0.15, 0.2) is 4.67 Å². The van der Waals surface area contributed by atoms with Crippen molar-refractivity contribution in [1.82, 2.24) is 9.78 Å². The maximum Gasteiger partial charge on any atom is 0.260 e. The summed E-state index contributed by atoms with van der Waals surface area (Å²) in [6.45, 7) is 0.703. The summed E-state index contributed by atoms with van der Waals surface area (Å²) in [4.78, 5) is 12.0. The third-order valence-electron chi connectivity index (χ3n) is 2.98. The molecular formula is C15H12BrN3O2. The molecule has 2 heterocycles. The average molecular weight is 346 g/mol. The van der Waals surface area contributed by atoms with Gasteiger partial charge in [-0.15, -0.1) is 0 Å². The van der Waals surface area contributed by atoms with E-state index in [-0.39, 0.29) is 5.91 Å². The summed E-state index contributed by atoms with van der Waals surface area (Å²) in [5, 5.41) is 6.98. The van der Waals surface area contributed by atoms with Crippen molar-refractivity contribution in [3.8, 4) is 0 Å². The van der Waals surface area contributed by atoms with Crippen LogP contribution in [0.15, 0.2) is 64.1 Å². The van der Waals surface area contributed by atoms with Gasteiger partial charge in [-0.2, -0.15) is 5.10 Å². The highest BCUT2D eigenvalue weighted by Gasteiger charge is 2.12. The Morgan fingerprint density at radius 1 is 1.29 bits per heavy atom. The minimum absolute atomic E-state index is 0.213. The Hall–Kier alpha value is -2.34. The highest BCUT2D eigenvalue weighted by Crippen LogP contribution is 2.19. The molecule has 1 aromatic carbocycles. The van der Waals surface area contributed by atoms with Crippen molar-refractivity contribution in [2.24, 2.45) is 0 Å². The van der Waals surface area contributed by atoms with Gasteiger partial charge in [-0.25, -0.2) is 0 Å². The first-order chi connectivity index (χ1) is 10.2. The van der Waals surface area contributed by atoms with Crippen molar-refractivity contribution in [1.29, 1.82) is 0 Å². The number of hydrogen-bond acceptors (Lipinski definition) is 3. The van der Waals surface area contributed by atoms with Gasteiger partial charge in [-0.3, -0.25) is 9.48 Å². The number of hydrogen-bond donors (Lipinski definition) is 1. The van der Waals surface area contributed by atoms with Gasteiger partial charge < -0.3 is 9.73 Å². The minimum Gasteiger partial charge on any atom is -0.457 e. The summed E-state index contributed by atoms with van der Waals surface area (Å²) in [7, 11) is 0. The van der Waals surface area contributed by atoms with Crippen LogP contribution in [0.1, 0.15) is 15.9 Å². The lowest BCUT2D eigenvalue weighted by atomic mass is 10.2.